The third kappa shape index (κ3) is 4.58. The lowest BCUT2D eigenvalue weighted by atomic mass is 9.97. The average Bonchev–Trinajstić information content (AvgIpc) is 3.23. The lowest BCUT2D eigenvalue weighted by Crippen LogP contribution is -2.52. The molecular formula is C24H24F3N5O4. The van der Waals surface area contributed by atoms with Crippen LogP contribution in [0.5, 0.6) is 0 Å². The molecule has 0 atom stereocenters. The van der Waals surface area contributed by atoms with Gasteiger partial charge in [-0.25, -0.2) is 19.5 Å². The van der Waals surface area contributed by atoms with E-state index in [9.17, 15) is 27.6 Å². The second kappa shape index (κ2) is 9.51. The Morgan fingerprint density at radius 2 is 1.78 bits per heavy atom. The molecule has 0 saturated heterocycles. The number of aromatic nitrogens is 2. The highest BCUT2D eigenvalue weighted by Gasteiger charge is 2.37. The van der Waals surface area contributed by atoms with Crippen molar-refractivity contribution in [1.82, 2.24) is 14.6 Å². The molecule has 0 aliphatic carbocycles. The molecule has 1 aromatic heterocycles. The van der Waals surface area contributed by atoms with Crippen LogP contribution in [-0.2, 0) is 20.5 Å². The Hall–Kier alpha value is -4.09. The molecule has 36 heavy (non-hydrogen) atoms. The second-order valence-electron chi connectivity index (χ2n) is 8.16. The number of hydrogen-bond donors (Lipinski definition) is 0. The van der Waals surface area contributed by atoms with Crippen molar-refractivity contribution in [2.75, 3.05) is 29.6 Å². The Balaban J connectivity index is 1.91. The predicted octanol–water partition coefficient (Wildman–Crippen LogP) is 4.00. The van der Waals surface area contributed by atoms with E-state index in [1.54, 1.807) is 19.1 Å². The molecule has 190 valence electrons. The third-order valence-corrected chi connectivity index (χ3v) is 5.80. The molecule has 2 aromatic rings. The van der Waals surface area contributed by atoms with Gasteiger partial charge in [-0.15, -0.1) is 0 Å². The number of carbonyl (C=O) groups is 3. The maximum Gasteiger partial charge on any atom is 0.417 e. The molecule has 12 heteroatoms. The summed E-state index contributed by atoms with van der Waals surface area (Å²) in [5.74, 6) is -1.11. The van der Waals surface area contributed by atoms with Crippen LogP contribution in [0.25, 0.3) is 11.3 Å². The van der Waals surface area contributed by atoms with Crippen molar-refractivity contribution in [2.24, 2.45) is 0 Å². The number of alkyl halides is 3. The van der Waals surface area contributed by atoms with Crippen LogP contribution in [0.1, 0.15) is 37.9 Å². The molecule has 0 saturated carbocycles. The van der Waals surface area contributed by atoms with Crippen molar-refractivity contribution in [3.05, 3.63) is 60.1 Å². The van der Waals surface area contributed by atoms with E-state index in [0.717, 1.165) is 12.1 Å². The summed E-state index contributed by atoms with van der Waals surface area (Å²) in [6.07, 6.45) is 1.07. The molecule has 3 amide bonds. The maximum atomic E-state index is 13.5. The van der Waals surface area contributed by atoms with Crippen LogP contribution in [-0.4, -0.2) is 52.2 Å². The predicted molar refractivity (Wildman–Crippen MR) is 124 cm³/mol. The first-order chi connectivity index (χ1) is 17.0. The number of hydrogen-bond acceptors (Lipinski definition) is 5. The Labute approximate surface area is 205 Å². The van der Waals surface area contributed by atoms with E-state index in [2.05, 4.69) is 4.98 Å². The first-order valence-electron chi connectivity index (χ1n) is 11.2. The molecule has 2 aliphatic heterocycles. The first-order valence-corrected chi connectivity index (χ1v) is 11.2. The molecule has 9 nitrogen and oxygen atoms in total. The van der Waals surface area contributed by atoms with Crippen LogP contribution in [0.15, 0.2) is 48.8 Å². The van der Waals surface area contributed by atoms with Gasteiger partial charge in [-0.3, -0.25) is 19.4 Å². The topological polar surface area (TPSA) is 88.0 Å². The lowest BCUT2D eigenvalue weighted by molar-refractivity contribution is -0.137. The van der Waals surface area contributed by atoms with Crippen LogP contribution in [0.3, 0.4) is 0 Å². The zero-order valence-electron chi connectivity index (χ0n) is 19.8. The van der Waals surface area contributed by atoms with Crippen molar-refractivity contribution in [3.63, 3.8) is 0 Å². The van der Waals surface area contributed by atoms with Gasteiger partial charge in [0.1, 0.15) is 0 Å². The number of amides is 3. The fourth-order valence-electron chi connectivity index (χ4n) is 4.16. The van der Waals surface area contributed by atoms with Crippen molar-refractivity contribution in [3.8, 4) is 11.3 Å². The molecule has 0 bridgehead atoms. The molecular weight excluding hydrogens is 479 g/mol. The Morgan fingerprint density at radius 3 is 2.36 bits per heavy atom. The van der Waals surface area contributed by atoms with Gasteiger partial charge in [0.2, 0.25) is 17.8 Å². The molecule has 1 aromatic carbocycles. The highest BCUT2D eigenvalue weighted by Crippen LogP contribution is 2.39. The number of rotatable bonds is 3. The van der Waals surface area contributed by atoms with E-state index in [0.29, 0.717) is 5.69 Å². The van der Waals surface area contributed by atoms with Gasteiger partial charge in [0.25, 0.3) is 0 Å². The van der Waals surface area contributed by atoms with Gasteiger partial charge in [0.15, 0.2) is 0 Å². The van der Waals surface area contributed by atoms with Gasteiger partial charge < -0.3 is 4.74 Å². The fourth-order valence-corrected chi connectivity index (χ4v) is 4.16. The van der Waals surface area contributed by atoms with E-state index in [1.165, 1.54) is 57.9 Å². The second-order valence-corrected chi connectivity index (χ2v) is 8.16. The molecule has 3 heterocycles. The summed E-state index contributed by atoms with van der Waals surface area (Å²) in [5.41, 5.74) is -0.129. The molecule has 4 rings (SSSR count). The minimum absolute atomic E-state index is 0.126. The molecule has 0 radical (unpaired) electrons. The molecule has 0 spiro atoms. The number of allylic oxidation sites excluding steroid dienone is 2. The lowest BCUT2D eigenvalue weighted by Gasteiger charge is -2.36. The van der Waals surface area contributed by atoms with Gasteiger partial charge in [-0.05, 0) is 19.1 Å². The summed E-state index contributed by atoms with van der Waals surface area (Å²) < 4.78 is 46.9. The van der Waals surface area contributed by atoms with E-state index < -0.39 is 23.8 Å². The Bertz CT molecular complexity index is 1250. The number of anilines is 1. The van der Waals surface area contributed by atoms with Gasteiger partial charge in [-0.2, -0.15) is 13.2 Å². The highest BCUT2D eigenvalue weighted by atomic mass is 19.4. The number of benzene rings is 1. The summed E-state index contributed by atoms with van der Waals surface area (Å²) in [7, 11) is 0. The van der Waals surface area contributed by atoms with Crippen molar-refractivity contribution in [1.29, 1.82) is 0 Å². The quantitative estimate of drug-likeness (QED) is 0.632. The van der Waals surface area contributed by atoms with Crippen molar-refractivity contribution >= 4 is 23.9 Å². The van der Waals surface area contributed by atoms with Crippen LogP contribution in [0, 0.1) is 0 Å². The number of imidazole rings is 1. The van der Waals surface area contributed by atoms with Gasteiger partial charge >= 0.3 is 12.3 Å². The maximum absolute atomic E-state index is 13.5. The summed E-state index contributed by atoms with van der Waals surface area (Å²) in [6, 6.07) is 4.71. The van der Waals surface area contributed by atoms with Crippen molar-refractivity contribution in [2.45, 2.75) is 32.9 Å². The SMILES string of the molecule is CCOC(=O)N1C=CC(c2c(-c3cccc(C(F)(F)F)c3)nc3n2N(C(C)=O)CCN3C(C)=O)C=C1. The largest absolute Gasteiger partial charge is 0.449 e. The standard InChI is InChI=1S/C24H24F3N5O4/c1-4-36-23(35)29-10-8-17(9-11-29)21-20(18-6-5-7-19(14-18)24(25,26)27)28-22-30(15(2)33)12-13-31(16(3)34)32(21)22/h5-11,14,17H,4,12-13H2,1-3H3. The minimum atomic E-state index is -4.57. The van der Waals surface area contributed by atoms with Gasteiger partial charge in [0.05, 0.1) is 30.1 Å². The van der Waals surface area contributed by atoms with Gasteiger partial charge in [-0.1, -0.05) is 24.3 Å². The van der Waals surface area contributed by atoms with E-state index in [4.69, 9.17) is 4.74 Å². The molecule has 0 unspecified atom stereocenters. The monoisotopic (exact) mass is 503 g/mol. The van der Waals surface area contributed by atoms with E-state index in [1.807, 2.05) is 0 Å². The fraction of sp³-hybridized carbons (Fsp3) is 0.333. The Morgan fingerprint density at radius 1 is 1.08 bits per heavy atom. The smallest absolute Gasteiger partial charge is 0.417 e. The molecule has 2 aliphatic rings. The molecule has 0 N–H and O–H groups in total. The van der Waals surface area contributed by atoms with Crippen molar-refractivity contribution < 1.29 is 32.3 Å². The summed E-state index contributed by atoms with van der Waals surface area (Å²) in [5, 5.41) is 1.40. The summed E-state index contributed by atoms with van der Waals surface area (Å²) in [6.45, 7) is 4.92. The number of fused-ring (bicyclic) bond motifs is 1. The molecule has 0 fully saturated rings. The number of halogens is 3. The number of nitrogens with zero attached hydrogens (tertiary/aromatic N) is 5. The zero-order chi connectivity index (χ0) is 26.2. The number of carbonyl (C=O) groups excluding carboxylic acids is 3. The first kappa shape index (κ1) is 25.0. The normalized spacial score (nSPS) is 15.8. The van der Waals surface area contributed by atoms with Gasteiger partial charge in [0, 0.05) is 44.3 Å². The van der Waals surface area contributed by atoms with E-state index >= 15 is 0 Å². The minimum Gasteiger partial charge on any atom is -0.449 e. The van der Waals surface area contributed by atoms with Crippen LogP contribution in [0.2, 0.25) is 0 Å². The third-order valence-electron chi connectivity index (χ3n) is 5.80. The number of ether oxygens (including phenoxy) is 1. The summed E-state index contributed by atoms with van der Waals surface area (Å²) in [4.78, 5) is 44.2. The highest BCUT2D eigenvalue weighted by molar-refractivity contribution is 5.93. The van der Waals surface area contributed by atoms with Crippen LogP contribution < -0.4 is 9.91 Å². The average molecular weight is 503 g/mol. The van der Waals surface area contributed by atoms with E-state index in [-0.39, 0.29) is 48.7 Å². The van der Waals surface area contributed by atoms with Crippen LogP contribution >= 0.6 is 0 Å². The summed E-state index contributed by atoms with van der Waals surface area (Å²) >= 11 is 0. The zero-order valence-corrected chi connectivity index (χ0v) is 19.8. The Kier molecular flexibility index (Phi) is 6.61. The van der Waals surface area contributed by atoms with Crippen LogP contribution in [0.4, 0.5) is 23.9 Å².